The number of nitrogens with zero attached hydrogens (tertiary/aromatic N) is 2. The highest BCUT2D eigenvalue weighted by Crippen LogP contribution is 2.34. The minimum atomic E-state index is -0.580. The van der Waals surface area contributed by atoms with Gasteiger partial charge in [-0.3, -0.25) is 14.9 Å². The molecule has 7 nitrogen and oxygen atoms in total. The Balaban J connectivity index is 2.37. The van der Waals surface area contributed by atoms with E-state index in [-0.39, 0.29) is 42.1 Å². The fourth-order valence-electron chi connectivity index (χ4n) is 2.15. The van der Waals surface area contributed by atoms with Crippen LogP contribution in [0, 0.1) is 10.1 Å². The summed E-state index contributed by atoms with van der Waals surface area (Å²) in [5.74, 6) is -0.381. The topological polar surface area (TPSA) is 92.9 Å². The second kappa shape index (κ2) is 5.87. The van der Waals surface area contributed by atoms with Gasteiger partial charge in [-0.2, -0.15) is 0 Å². The normalized spacial score (nSPS) is 13.9. The number of methoxy groups -OCH3 is 1. The summed E-state index contributed by atoms with van der Waals surface area (Å²) in [4.78, 5) is 24.4. The number of nitro benzene ring substituents is 1. The Bertz CT molecular complexity index is 527. The third-order valence-corrected chi connectivity index (χ3v) is 3.21. The summed E-state index contributed by atoms with van der Waals surface area (Å²) in [6, 6.07) is 4.36. The van der Waals surface area contributed by atoms with Gasteiger partial charge in [0, 0.05) is 18.7 Å². The average Bonchev–Trinajstić information content (AvgIpc) is 3.27. The molecule has 108 valence electrons. The van der Waals surface area contributed by atoms with Crippen molar-refractivity contribution in [2.24, 2.45) is 0 Å². The lowest BCUT2D eigenvalue weighted by Crippen LogP contribution is -2.35. The van der Waals surface area contributed by atoms with Gasteiger partial charge in [-0.15, -0.1) is 0 Å². The number of hydrogen-bond acceptors (Lipinski definition) is 5. The highest BCUT2D eigenvalue weighted by atomic mass is 16.6. The standard InChI is InChI=1S/C13H16N2O5/c1-20-12-10(3-2-4-11(12)15(18)19)13(17)14(7-8-16)9-5-6-9/h2-4,9,16H,5-8H2,1H3. The van der Waals surface area contributed by atoms with Crippen LogP contribution in [0.3, 0.4) is 0 Å². The Hall–Kier alpha value is -2.15. The summed E-state index contributed by atoms with van der Waals surface area (Å²) in [7, 11) is 1.30. The molecule has 0 atom stereocenters. The van der Waals surface area contributed by atoms with Gasteiger partial charge in [-0.1, -0.05) is 6.07 Å². The van der Waals surface area contributed by atoms with Crippen LogP contribution >= 0.6 is 0 Å². The SMILES string of the molecule is COc1c(C(=O)N(CCO)C2CC2)cccc1[N+](=O)[O-]. The molecule has 0 radical (unpaired) electrons. The zero-order valence-electron chi connectivity index (χ0n) is 11.1. The van der Waals surface area contributed by atoms with Crippen LogP contribution in [-0.2, 0) is 0 Å². The van der Waals surface area contributed by atoms with E-state index in [4.69, 9.17) is 9.84 Å². The van der Waals surface area contributed by atoms with Crippen molar-refractivity contribution in [2.45, 2.75) is 18.9 Å². The first-order valence-corrected chi connectivity index (χ1v) is 6.33. The van der Waals surface area contributed by atoms with Crippen LogP contribution in [-0.4, -0.2) is 47.1 Å². The summed E-state index contributed by atoms with van der Waals surface area (Å²) in [5, 5.41) is 20.0. The van der Waals surface area contributed by atoms with E-state index < -0.39 is 4.92 Å². The number of carbonyl (C=O) groups excluding carboxylic acids is 1. The number of amides is 1. The molecule has 0 spiro atoms. The van der Waals surface area contributed by atoms with Gasteiger partial charge in [-0.25, -0.2) is 0 Å². The zero-order valence-corrected chi connectivity index (χ0v) is 11.1. The average molecular weight is 280 g/mol. The quantitative estimate of drug-likeness (QED) is 0.624. The Morgan fingerprint density at radius 3 is 2.75 bits per heavy atom. The van der Waals surface area contributed by atoms with Crippen LogP contribution in [0.5, 0.6) is 5.75 Å². The maximum atomic E-state index is 12.5. The van der Waals surface area contributed by atoms with Crippen molar-refractivity contribution in [1.82, 2.24) is 4.90 Å². The van der Waals surface area contributed by atoms with E-state index >= 15 is 0 Å². The number of hydrogen-bond donors (Lipinski definition) is 1. The molecule has 1 fully saturated rings. The van der Waals surface area contributed by atoms with E-state index in [0.717, 1.165) is 12.8 Å². The molecular formula is C13H16N2O5. The minimum absolute atomic E-state index is 0.0360. The zero-order chi connectivity index (χ0) is 14.7. The number of ether oxygens (including phenoxy) is 1. The number of aliphatic hydroxyl groups excluding tert-OH is 1. The summed E-state index contributed by atoms with van der Waals surface area (Å²) in [6.45, 7) is 0.0782. The van der Waals surface area contributed by atoms with Gasteiger partial charge >= 0.3 is 5.69 Å². The molecule has 0 aromatic heterocycles. The van der Waals surface area contributed by atoms with E-state index in [1.165, 1.54) is 25.3 Å². The fourth-order valence-corrected chi connectivity index (χ4v) is 2.15. The predicted molar refractivity (Wildman–Crippen MR) is 70.8 cm³/mol. The molecule has 0 aliphatic heterocycles. The van der Waals surface area contributed by atoms with Gasteiger partial charge in [0.05, 0.1) is 24.2 Å². The van der Waals surface area contributed by atoms with Crippen LogP contribution in [0.15, 0.2) is 18.2 Å². The maximum Gasteiger partial charge on any atom is 0.311 e. The van der Waals surface area contributed by atoms with Crippen molar-refractivity contribution in [1.29, 1.82) is 0 Å². The van der Waals surface area contributed by atoms with Crippen molar-refractivity contribution < 1.29 is 19.6 Å². The third kappa shape index (κ3) is 2.72. The summed E-state index contributed by atoms with van der Waals surface area (Å²) in [5.41, 5.74) is -0.0832. The lowest BCUT2D eigenvalue weighted by Gasteiger charge is -2.22. The number of rotatable bonds is 6. The van der Waals surface area contributed by atoms with Gasteiger partial charge in [-0.05, 0) is 18.9 Å². The fraction of sp³-hybridized carbons (Fsp3) is 0.462. The van der Waals surface area contributed by atoms with Crippen molar-refractivity contribution in [3.05, 3.63) is 33.9 Å². The molecule has 0 unspecified atom stereocenters. The molecule has 1 N–H and O–H groups in total. The van der Waals surface area contributed by atoms with Crippen LogP contribution in [0.1, 0.15) is 23.2 Å². The molecule has 1 aliphatic rings. The van der Waals surface area contributed by atoms with Crippen LogP contribution in [0.4, 0.5) is 5.69 Å². The number of benzene rings is 1. The van der Waals surface area contributed by atoms with Gasteiger partial charge in [0.2, 0.25) is 5.75 Å². The molecule has 7 heteroatoms. The lowest BCUT2D eigenvalue weighted by atomic mass is 10.1. The lowest BCUT2D eigenvalue weighted by molar-refractivity contribution is -0.385. The molecule has 1 saturated carbocycles. The summed E-state index contributed by atoms with van der Waals surface area (Å²) >= 11 is 0. The highest BCUT2D eigenvalue weighted by molar-refractivity contribution is 5.98. The molecule has 1 amide bonds. The molecule has 1 aliphatic carbocycles. The first kappa shape index (κ1) is 14.3. The van der Waals surface area contributed by atoms with E-state index in [1.54, 1.807) is 4.90 Å². The molecular weight excluding hydrogens is 264 g/mol. The van der Waals surface area contributed by atoms with Gasteiger partial charge in [0.25, 0.3) is 5.91 Å². The summed E-state index contributed by atoms with van der Waals surface area (Å²) < 4.78 is 5.04. The number of nitro groups is 1. The Kier molecular flexibility index (Phi) is 4.19. The van der Waals surface area contributed by atoms with Crippen LogP contribution in [0.2, 0.25) is 0 Å². The monoisotopic (exact) mass is 280 g/mol. The molecule has 1 aromatic rings. The predicted octanol–water partition coefficient (Wildman–Crippen LogP) is 1.20. The second-order valence-corrected chi connectivity index (χ2v) is 4.57. The second-order valence-electron chi connectivity index (χ2n) is 4.57. The Morgan fingerprint density at radius 1 is 1.55 bits per heavy atom. The van der Waals surface area contributed by atoms with Crippen molar-refractivity contribution in [3.63, 3.8) is 0 Å². The largest absolute Gasteiger partial charge is 0.490 e. The number of aliphatic hydroxyl groups is 1. The van der Waals surface area contributed by atoms with E-state index in [2.05, 4.69) is 0 Å². The Morgan fingerprint density at radius 2 is 2.25 bits per heavy atom. The number of carbonyl (C=O) groups is 1. The van der Waals surface area contributed by atoms with Gasteiger partial charge in [0.15, 0.2) is 0 Å². The molecule has 2 rings (SSSR count). The van der Waals surface area contributed by atoms with Crippen molar-refractivity contribution in [2.75, 3.05) is 20.3 Å². The van der Waals surface area contributed by atoms with Crippen LogP contribution < -0.4 is 4.74 Å². The third-order valence-electron chi connectivity index (χ3n) is 3.21. The molecule has 1 aromatic carbocycles. The van der Waals surface area contributed by atoms with E-state index in [1.807, 2.05) is 0 Å². The molecule has 0 saturated heterocycles. The molecule has 0 bridgehead atoms. The maximum absolute atomic E-state index is 12.5. The van der Waals surface area contributed by atoms with Crippen molar-refractivity contribution in [3.8, 4) is 5.75 Å². The van der Waals surface area contributed by atoms with E-state index in [0.29, 0.717) is 0 Å². The Labute approximate surface area is 115 Å². The molecule has 0 heterocycles. The summed E-state index contributed by atoms with van der Waals surface area (Å²) in [6.07, 6.45) is 1.78. The van der Waals surface area contributed by atoms with Gasteiger partial charge < -0.3 is 14.7 Å². The first-order chi connectivity index (χ1) is 9.60. The molecule has 20 heavy (non-hydrogen) atoms. The number of para-hydroxylation sites is 1. The van der Waals surface area contributed by atoms with Gasteiger partial charge in [0.1, 0.15) is 0 Å². The van der Waals surface area contributed by atoms with Crippen LogP contribution in [0.25, 0.3) is 0 Å². The highest BCUT2D eigenvalue weighted by Gasteiger charge is 2.35. The first-order valence-electron chi connectivity index (χ1n) is 6.33. The minimum Gasteiger partial charge on any atom is -0.490 e. The van der Waals surface area contributed by atoms with Crippen molar-refractivity contribution >= 4 is 11.6 Å². The smallest absolute Gasteiger partial charge is 0.311 e. The van der Waals surface area contributed by atoms with E-state index in [9.17, 15) is 14.9 Å².